The Morgan fingerprint density at radius 3 is 2.58 bits per heavy atom. The van der Waals surface area contributed by atoms with E-state index in [-0.39, 0.29) is 60.4 Å². The first kappa shape index (κ1) is 29.2. The van der Waals surface area contributed by atoms with Crippen molar-refractivity contribution in [2.75, 3.05) is 31.3 Å². The standard InChI is InChI=1S/C24H30N4O6S.ClH/c1-16-13-23(31)27-28-24(16)17-7-9-18(10-8-17)26-22(30)11-12-25-14-19(29)15-34-20-5-3-4-6-21(20)35(2,32)33;/h3-10,16,19,25,29H,11-15H2,1-2H3,(H,26,30)(H,27,31);1H. The summed E-state index contributed by atoms with van der Waals surface area (Å²) in [5.74, 6) is -0.0792. The lowest BCUT2D eigenvalue weighted by Crippen LogP contribution is -2.33. The topological polar surface area (TPSA) is 146 Å². The summed E-state index contributed by atoms with van der Waals surface area (Å²) in [7, 11) is -3.44. The normalized spacial score (nSPS) is 16.2. The number of hydrogen-bond donors (Lipinski definition) is 4. The van der Waals surface area contributed by atoms with Gasteiger partial charge in [-0.1, -0.05) is 31.2 Å². The Balaban J connectivity index is 0.00000456. The maximum absolute atomic E-state index is 12.2. The second-order valence-corrected chi connectivity index (χ2v) is 10.4. The van der Waals surface area contributed by atoms with E-state index in [1.165, 1.54) is 12.1 Å². The monoisotopic (exact) mass is 538 g/mol. The minimum atomic E-state index is -3.44. The van der Waals surface area contributed by atoms with Crippen LogP contribution in [0.2, 0.25) is 0 Å². The molecular formula is C24H31ClN4O6S. The highest BCUT2D eigenvalue weighted by Gasteiger charge is 2.21. The van der Waals surface area contributed by atoms with E-state index >= 15 is 0 Å². The minimum Gasteiger partial charge on any atom is -0.489 e. The van der Waals surface area contributed by atoms with Gasteiger partial charge in [0.2, 0.25) is 11.8 Å². The van der Waals surface area contributed by atoms with Crippen molar-refractivity contribution in [3.63, 3.8) is 0 Å². The maximum Gasteiger partial charge on any atom is 0.240 e. The van der Waals surface area contributed by atoms with Crippen LogP contribution in [0.15, 0.2) is 58.5 Å². The largest absolute Gasteiger partial charge is 0.489 e. The summed E-state index contributed by atoms with van der Waals surface area (Å²) in [4.78, 5) is 23.7. The number of benzene rings is 2. The van der Waals surface area contributed by atoms with Gasteiger partial charge in [0.05, 0.1) is 5.71 Å². The molecule has 2 aromatic carbocycles. The van der Waals surface area contributed by atoms with E-state index in [0.717, 1.165) is 17.5 Å². The van der Waals surface area contributed by atoms with Crippen LogP contribution in [-0.4, -0.2) is 63.1 Å². The molecule has 10 nitrogen and oxygen atoms in total. The van der Waals surface area contributed by atoms with Crippen molar-refractivity contribution in [3.05, 3.63) is 54.1 Å². The van der Waals surface area contributed by atoms with Crippen LogP contribution in [0.1, 0.15) is 25.3 Å². The number of aliphatic hydroxyl groups is 1. The number of halogens is 1. The molecule has 0 saturated heterocycles. The lowest BCUT2D eigenvalue weighted by molar-refractivity contribution is -0.122. The molecular weight excluding hydrogens is 508 g/mol. The van der Waals surface area contributed by atoms with E-state index in [2.05, 4.69) is 21.2 Å². The molecule has 3 rings (SSSR count). The highest BCUT2D eigenvalue weighted by atomic mass is 35.5. The van der Waals surface area contributed by atoms with E-state index in [0.29, 0.717) is 18.7 Å². The lowest BCUT2D eigenvalue weighted by atomic mass is 9.94. The van der Waals surface area contributed by atoms with Crippen molar-refractivity contribution >= 4 is 45.5 Å². The molecule has 0 aliphatic carbocycles. The lowest BCUT2D eigenvalue weighted by Gasteiger charge is -2.19. The predicted octanol–water partition coefficient (Wildman–Crippen LogP) is 1.73. The van der Waals surface area contributed by atoms with Gasteiger partial charge in [-0.15, -0.1) is 12.4 Å². The Bertz CT molecular complexity index is 1190. The Kier molecular flexibility index (Phi) is 10.8. The number of sulfone groups is 1. The van der Waals surface area contributed by atoms with Gasteiger partial charge in [-0.25, -0.2) is 13.8 Å². The van der Waals surface area contributed by atoms with Crippen LogP contribution in [0.25, 0.3) is 0 Å². The molecule has 2 atom stereocenters. The van der Waals surface area contributed by atoms with Crippen LogP contribution < -0.4 is 20.8 Å². The number of aliphatic hydroxyl groups excluding tert-OH is 1. The summed E-state index contributed by atoms with van der Waals surface area (Å²) in [6.07, 6.45) is 0.800. The number of nitrogens with one attached hydrogen (secondary N) is 3. The van der Waals surface area contributed by atoms with E-state index in [1.807, 2.05) is 19.1 Å². The van der Waals surface area contributed by atoms with Gasteiger partial charge in [0.1, 0.15) is 23.4 Å². The van der Waals surface area contributed by atoms with Crippen LogP contribution >= 0.6 is 12.4 Å². The number of carbonyl (C=O) groups is 2. The first-order chi connectivity index (χ1) is 16.6. The van der Waals surface area contributed by atoms with Crippen LogP contribution in [0.4, 0.5) is 5.69 Å². The van der Waals surface area contributed by atoms with Crippen LogP contribution in [0.3, 0.4) is 0 Å². The van der Waals surface area contributed by atoms with Crippen molar-refractivity contribution in [1.82, 2.24) is 10.7 Å². The molecule has 0 saturated carbocycles. The Morgan fingerprint density at radius 1 is 1.22 bits per heavy atom. The number of nitrogens with zero attached hydrogens (tertiary/aromatic N) is 1. The molecule has 0 aromatic heterocycles. The molecule has 12 heteroatoms. The number of rotatable bonds is 11. The van der Waals surface area contributed by atoms with Gasteiger partial charge in [0, 0.05) is 43.8 Å². The SMILES string of the molecule is CC1CC(=O)NN=C1c1ccc(NC(=O)CCNCC(O)COc2ccccc2S(C)(=O)=O)cc1.Cl. The van der Waals surface area contributed by atoms with Gasteiger partial charge in [-0.3, -0.25) is 9.59 Å². The van der Waals surface area contributed by atoms with Gasteiger partial charge in [-0.05, 0) is 29.8 Å². The van der Waals surface area contributed by atoms with Gasteiger partial charge in [0.25, 0.3) is 0 Å². The minimum absolute atomic E-state index is 0. The summed E-state index contributed by atoms with van der Waals surface area (Å²) < 4.78 is 29.1. The van der Waals surface area contributed by atoms with Crippen LogP contribution in [0.5, 0.6) is 5.75 Å². The number of carbonyl (C=O) groups excluding carboxylic acids is 2. The second-order valence-electron chi connectivity index (χ2n) is 8.40. The van der Waals surface area contributed by atoms with Gasteiger partial charge in [0.15, 0.2) is 9.84 Å². The zero-order valence-corrected chi connectivity index (χ0v) is 21.7. The average molecular weight is 539 g/mol. The Hall–Kier alpha value is -2.99. The number of hydrogen-bond acceptors (Lipinski definition) is 8. The fourth-order valence-electron chi connectivity index (χ4n) is 3.54. The number of amides is 2. The highest BCUT2D eigenvalue weighted by molar-refractivity contribution is 7.90. The second kappa shape index (κ2) is 13.4. The Labute approximate surface area is 216 Å². The zero-order chi connectivity index (χ0) is 25.4. The molecule has 2 aromatic rings. The number of hydrazone groups is 1. The molecule has 0 fully saturated rings. The van der Waals surface area contributed by atoms with Crippen molar-refractivity contribution in [2.24, 2.45) is 11.0 Å². The molecule has 1 heterocycles. The van der Waals surface area contributed by atoms with Crippen molar-refractivity contribution in [3.8, 4) is 5.75 Å². The smallest absolute Gasteiger partial charge is 0.240 e. The molecule has 0 bridgehead atoms. The molecule has 1 aliphatic heterocycles. The molecule has 0 radical (unpaired) electrons. The quantitative estimate of drug-likeness (QED) is 0.319. The third kappa shape index (κ3) is 8.59. The van der Waals surface area contributed by atoms with E-state index < -0.39 is 15.9 Å². The molecule has 196 valence electrons. The van der Waals surface area contributed by atoms with Crippen molar-refractivity contribution in [1.29, 1.82) is 0 Å². The molecule has 4 N–H and O–H groups in total. The Morgan fingerprint density at radius 2 is 1.92 bits per heavy atom. The van der Waals surface area contributed by atoms with E-state index in [4.69, 9.17) is 4.74 Å². The average Bonchev–Trinajstić information content (AvgIpc) is 2.81. The summed E-state index contributed by atoms with van der Waals surface area (Å²) in [5, 5.41) is 20.0. The van der Waals surface area contributed by atoms with Gasteiger partial charge >= 0.3 is 0 Å². The fourth-order valence-corrected chi connectivity index (χ4v) is 4.36. The van der Waals surface area contributed by atoms with Crippen molar-refractivity contribution < 1.29 is 27.9 Å². The highest BCUT2D eigenvalue weighted by Crippen LogP contribution is 2.23. The summed E-state index contributed by atoms with van der Waals surface area (Å²) in [5.41, 5.74) is 4.82. The zero-order valence-electron chi connectivity index (χ0n) is 20.1. The molecule has 0 spiro atoms. The third-order valence-corrected chi connectivity index (χ3v) is 6.45. The van der Waals surface area contributed by atoms with Gasteiger partial charge in [-0.2, -0.15) is 5.10 Å². The van der Waals surface area contributed by atoms with Gasteiger partial charge < -0.3 is 20.5 Å². The predicted molar refractivity (Wildman–Crippen MR) is 139 cm³/mol. The fraction of sp³-hybridized carbons (Fsp3) is 0.375. The van der Waals surface area contributed by atoms with Crippen LogP contribution in [-0.2, 0) is 19.4 Å². The molecule has 2 unspecified atom stereocenters. The molecule has 1 aliphatic rings. The number of para-hydroxylation sites is 1. The number of anilines is 1. The maximum atomic E-state index is 12.2. The molecule has 2 amide bonds. The van der Waals surface area contributed by atoms with E-state index in [1.54, 1.807) is 24.3 Å². The molecule has 36 heavy (non-hydrogen) atoms. The summed E-state index contributed by atoms with van der Waals surface area (Å²) >= 11 is 0. The summed E-state index contributed by atoms with van der Waals surface area (Å²) in [6.45, 7) is 2.37. The first-order valence-corrected chi connectivity index (χ1v) is 13.1. The van der Waals surface area contributed by atoms with Crippen LogP contribution in [0, 0.1) is 5.92 Å². The van der Waals surface area contributed by atoms with Crippen molar-refractivity contribution in [2.45, 2.75) is 30.8 Å². The number of ether oxygens (including phenoxy) is 1. The summed E-state index contributed by atoms with van der Waals surface area (Å²) in [6, 6.07) is 13.5. The first-order valence-electron chi connectivity index (χ1n) is 11.2. The van der Waals surface area contributed by atoms with E-state index in [9.17, 15) is 23.1 Å². The third-order valence-electron chi connectivity index (χ3n) is 5.31.